The summed E-state index contributed by atoms with van der Waals surface area (Å²) >= 11 is 0. The van der Waals surface area contributed by atoms with E-state index in [1.165, 1.54) is 0 Å². The number of rotatable bonds is 3. The monoisotopic (exact) mass is 255 g/mol. The van der Waals surface area contributed by atoms with Crippen LogP contribution in [0.3, 0.4) is 0 Å². The highest BCUT2D eigenvalue weighted by molar-refractivity contribution is 5.99. The number of nitrogens with zero attached hydrogens (tertiary/aromatic N) is 2. The summed E-state index contributed by atoms with van der Waals surface area (Å²) in [6.07, 6.45) is 1.71. The van der Waals surface area contributed by atoms with Crippen molar-refractivity contribution < 1.29 is 9.21 Å². The number of oxazole rings is 1. The van der Waals surface area contributed by atoms with Crippen LogP contribution < -0.4 is 5.76 Å². The standard InChI is InChI=1S/C13H9N3O3/c17-11(7-9-2-1-5-14-16-9)8-3-4-10-12(6-8)19-13(18)15-10/h1-6H,7H2,(H,15,18). The molecule has 6 nitrogen and oxygen atoms in total. The van der Waals surface area contributed by atoms with E-state index in [-0.39, 0.29) is 12.2 Å². The van der Waals surface area contributed by atoms with Crippen molar-refractivity contribution in [2.45, 2.75) is 6.42 Å². The second-order valence-corrected chi connectivity index (χ2v) is 4.04. The van der Waals surface area contributed by atoms with Gasteiger partial charge in [-0.3, -0.25) is 9.78 Å². The van der Waals surface area contributed by atoms with Crippen LogP contribution in [0.5, 0.6) is 0 Å². The highest BCUT2D eigenvalue weighted by Crippen LogP contribution is 2.14. The van der Waals surface area contributed by atoms with Crippen molar-refractivity contribution in [1.82, 2.24) is 15.2 Å². The van der Waals surface area contributed by atoms with Crippen molar-refractivity contribution >= 4 is 16.9 Å². The lowest BCUT2D eigenvalue weighted by Gasteiger charge is -1.99. The summed E-state index contributed by atoms with van der Waals surface area (Å²) in [6.45, 7) is 0. The van der Waals surface area contributed by atoms with Crippen LogP contribution >= 0.6 is 0 Å². The third-order valence-electron chi connectivity index (χ3n) is 2.71. The predicted molar refractivity (Wildman–Crippen MR) is 66.9 cm³/mol. The van der Waals surface area contributed by atoms with Gasteiger partial charge in [0.1, 0.15) is 0 Å². The van der Waals surface area contributed by atoms with Gasteiger partial charge in [0.15, 0.2) is 11.4 Å². The Bertz CT molecular complexity index is 790. The van der Waals surface area contributed by atoms with Gasteiger partial charge in [0, 0.05) is 11.8 Å². The molecule has 3 aromatic rings. The van der Waals surface area contributed by atoms with Gasteiger partial charge >= 0.3 is 5.76 Å². The fourth-order valence-corrected chi connectivity index (χ4v) is 1.81. The van der Waals surface area contributed by atoms with Crippen molar-refractivity contribution in [2.24, 2.45) is 0 Å². The molecule has 0 radical (unpaired) electrons. The Kier molecular flexibility index (Phi) is 2.68. The zero-order valence-electron chi connectivity index (χ0n) is 9.79. The molecular weight excluding hydrogens is 246 g/mol. The zero-order valence-corrected chi connectivity index (χ0v) is 9.79. The molecule has 3 rings (SSSR count). The molecule has 2 heterocycles. The van der Waals surface area contributed by atoms with Gasteiger partial charge < -0.3 is 4.42 Å². The summed E-state index contributed by atoms with van der Waals surface area (Å²) < 4.78 is 4.92. The number of H-pyrrole nitrogens is 1. The molecule has 0 aliphatic carbocycles. The second-order valence-electron chi connectivity index (χ2n) is 4.04. The van der Waals surface area contributed by atoms with E-state index in [2.05, 4.69) is 15.2 Å². The average Bonchev–Trinajstić information content (AvgIpc) is 2.78. The zero-order chi connectivity index (χ0) is 13.2. The van der Waals surface area contributed by atoms with E-state index < -0.39 is 5.76 Å². The lowest BCUT2D eigenvalue weighted by atomic mass is 10.1. The van der Waals surface area contributed by atoms with Gasteiger partial charge in [0.25, 0.3) is 0 Å². The van der Waals surface area contributed by atoms with Crippen LogP contribution in [-0.4, -0.2) is 21.0 Å². The molecule has 94 valence electrons. The van der Waals surface area contributed by atoms with Gasteiger partial charge in [-0.15, -0.1) is 0 Å². The first-order valence-corrected chi connectivity index (χ1v) is 5.65. The molecule has 0 amide bonds. The normalized spacial score (nSPS) is 10.7. The third kappa shape index (κ3) is 2.28. The van der Waals surface area contributed by atoms with Gasteiger partial charge in [-0.25, -0.2) is 4.79 Å². The molecule has 0 saturated heterocycles. The van der Waals surface area contributed by atoms with Crippen LogP contribution in [0.1, 0.15) is 16.1 Å². The molecule has 1 N–H and O–H groups in total. The summed E-state index contributed by atoms with van der Waals surface area (Å²) in [7, 11) is 0. The molecule has 0 atom stereocenters. The number of aromatic amines is 1. The van der Waals surface area contributed by atoms with Gasteiger partial charge in [-0.05, 0) is 30.3 Å². The van der Waals surface area contributed by atoms with E-state index in [4.69, 9.17) is 4.42 Å². The minimum Gasteiger partial charge on any atom is -0.408 e. The van der Waals surface area contributed by atoms with Crippen molar-refractivity contribution in [2.75, 3.05) is 0 Å². The molecule has 6 heteroatoms. The molecule has 0 bridgehead atoms. The summed E-state index contributed by atoms with van der Waals surface area (Å²) in [4.78, 5) is 25.6. The first-order chi connectivity index (χ1) is 9.22. The van der Waals surface area contributed by atoms with Crippen molar-refractivity contribution in [3.63, 3.8) is 0 Å². The van der Waals surface area contributed by atoms with Crippen LogP contribution in [-0.2, 0) is 6.42 Å². The number of Topliss-reactive ketones (excluding diaryl/α,β-unsaturated/α-hetero) is 1. The second kappa shape index (κ2) is 4.49. The van der Waals surface area contributed by atoms with E-state index in [1.807, 2.05) is 0 Å². The maximum Gasteiger partial charge on any atom is 0.417 e. The largest absolute Gasteiger partial charge is 0.417 e. The lowest BCUT2D eigenvalue weighted by molar-refractivity contribution is 0.0991. The first-order valence-electron chi connectivity index (χ1n) is 5.65. The first kappa shape index (κ1) is 11.3. The van der Waals surface area contributed by atoms with Crippen LogP contribution in [0.15, 0.2) is 45.7 Å². The maximum absolute atomic E-state index is 12.1. The molecule has 0 saturated carbocycles. The number of fused-ring (bicyclic) bond motifs is 1. The van der Waals surface area contributed by atoms with E-state index in [0.29, 0.717) is 22.4 Å². The highest BCUT2D eigenvalue weighted by Gasteiger charge is 2.10. The minimum atomic E-state index is -0.534. The Morgan fingerprint density at radius 2 is 2.21 bits per heavy atom. The maximum atomic E-state index is 12.1. The molecule has 0 aliphatic heterocycles. The van der Waals surface area contributed by atoms with Crippen LogP contribution in [0, 0.1) is 0 Å². The van der Waals surface area contributed by atoms with Crippen molar-refractivity contribution in [3.05, 3.63) is 58.3 Å². The highest BCUT2D eigenvalue weighted by atomic mass is 16.4. The number of carbonyl (C=O) groups is 1. The molecular formula is C13H9N3O3. The van der Waals surface area contributed by atoms with E-state index in [1.54, 1.807) is 36.5 Å². The average molecular weight is 255 g/mol. The van der Waals surface area contributed by atoms with Gasteiger partial charge in [0.2, 0.25) is 0 Å². The Balaban J connectivity index is 1.91. The Hall–Kier alpha value is -2.76. The molecule has 0 aliphatic rings. The fraction of sp³-hybridized carbons (Fsp3) is 0.0769. The smallest absolute Gasteiger partial charge is 0.408 e. The van der Waals surface area contributed by atoms with Crippen LogP contribution in [0.2, 0.25) is 0 Å². The Morgan fingerprint density at radius 3 is 3.00 bits per heavy atom. The van der Waals surface area contributed by atoms with Gasteiger partial charge in [0.05, 0.1) is 17.6 Å². The molecule has 1 aromatic carbocycles. The van der Waals surface area contributed by atoms with Crippen molar-refractivity contribution in [1.29, 1.82) is 0 Å². The van der Waals surface area contributed by atoms with E-state index >= 15 is 0 Å². The van der Waals surface area contributed by atoms with Gasteiger partial charge in [-0.1, -0.05) is 0 Å². The quantitative estimate of drug-likeness (QED) is 0.713. The fourth-order valence-electron chi connectivity index (χ4n) is 1.81. The lowest BCUT2D eigenvalue weighted by Crippen LogP contribution is -2.05. The number of aromatic nitrogens is 3. The molecule has 2 aromatic heterocycles. The Labute approximate surface area is 107 Å². The minimum absolute atomic E-state index is 0.105. The summed E-state index contributed by atoms with van der Waals surface area (Å²) in [6, 6.07) is 8.30. The number of nitrogens with one attached hydrogen (secondary N) is 1. The molecule has 0 spiro atoms. The third-order valence-corrected chi connectivity index (χ3v) is 2.71. The summed E-state index contributed by atoms with van der Waals surface area (Å²) in [5.74, 6) is -0.639. The van der Waals surface area contributed by atoms with Gasteiger partial charge in [-0.2, -0.15) is 10.2 Å². The molecule has 0 unspecified atom stereocenters. The number of hydrogen-bond donors (Lipinski definition) is 1. The number of hydrogen-bond acceptors (Lipinski definition) is 5. The number of carbonyl (C=O) groups excluding carboxylic acids is 1. The molecule has 0 fully saturated rings. The van der Waals surface area contributed by atoms with E-state index in [9.17, 15) is 9.59 Å². The van der Waals surface area contributed by atoms with Crippen LogP contribution in [0.4, 0.5) is 0 Å². The number of benzene rings is 1. The topological polar surface area (TPSA) is 88.9 Å². The number of ketones is 1. The Morgan fingerprint density at radius 1 is 1.32 bits per heavy atom. The van der Waals surface area contributed by atoms with Crippen LogP contribution in [0.25, 0.3) is 11.1 Å². The molecule has 19 heavy (non-hydrogen) atoms. The van der Waals surface area contributed by atoms with E-state index in [0.717, 1.165) is 0 Å². The summed E-state index contributed by atoms with van der Waals surface area (Å²) in [5.41, 5.74) is 2.01. The predicted octanol–water partition coefficient (Wildman–Crippen LogP) is 1.34. The van der Waals surface area contributed by atoms with Crippen molar-refractivity contribution in [3.8, 4) is 0 Å². The SMILES string of the molecule is O=C(Cc1cccnn1)c1ccc2[nH]c(=O)oc2c1. The summed E-state index contributed by atoms with van der Waals surface area (Å²) in [5, 5.41) is 7.58.